The second-order valence-corrected chi connectivity index (χ2v) is 22.0. The first-order valence-corrected chi connectivity index (χ1v) is 30.0. The summed E-state index contributed by atoms with van der Waals surface area (Å²) in [4.78, 5) is 142. The third kappa shape index (κ3) is 28.0. The average Bonchev–Trinajstić information content (AvgIpc) is 2.24. The molecule has 0 bridgehead atoms. The Morgan fingerprint density at radius 2 is 1.08 bits per heavy atom. The van der Waals surface area contributed by atoms with Crippen molar-refractivity contribution < 1.29 is 84.5 Å². The molecule has 0 radical (unpaired) electrons. The molecule has 0 unspecified atom stereocenters. The van der Waals surface area contributed by atoms with Gasteiger partial charge in [-0.1, -0.05) is 48.5 Å². The number of fused-ring (bicyclic) bond motifs is 1. The minimum Gasteiger partial charge on any atom is -0.391 e. The SMILES string of the molecule is CNCCCC[C@H](NC(=O)[C@@H](Cc1c[nH]c2ccccc12)NC(=O)[C@H](Cc1ccccc1)NC(=O)[C@H](CS)NC(=O)CNC(=O)[C@@H](CCCCN=C(N)N(CC(F)(F)F)CC(F)(F)F)NC(C)=O)C(=O)N[C@H](C(=O)N[C@@H](CS)C(=O)N[C@H](C(N)=O)[C@@H](C)O)[C@@H](C)O. The van der Waals surface area contributed by atoms with Gasteiger partial charge in [-0.15, -0.1) is 0 Å². The molecule has 10 amide bonds. The number of H-pyrrole nitrogens is 1. The highest BCUT2D eigenvalue weighted by Crippen LogP contribution is 2.23. The molecule has 0 saturated carbocycles. The molecule has 0 aliphatic carbocycles. The smallest absolute Gasteiger partial charge is 0.391 e. The number of carbonyl (C=O) groups is 10. The molecule has 0 aliphatic rings. The van der Waals surface area contributed by atoms with E-state index < -0.39 is 158 Å². The van der Waals surface area contributed by atoms with Gasteiger partial charge in [0.25, 0.3) is 0 Å². The van der Waals surface area contributed by atoms with Gasteiger partial charge in [0.1, 0.15) is 61.4 Å². The van der Waals surface area contributed by atoms with E-state index in [-0.39, 0.29) is 61.5 Å². The number of rotatable bonds is 38. The highest BCUT2D eigenvalue weighted by atomic mass is 32.1. The predicted molar refractivity (Wildman–Crippen MR) is 328 cm³/mol. The number of nitrogens with zero attached hydrogens (tertiary/aromatic N) is 2. The van der Waals surface area contributed by atoms with Crippen LogP contribution in [0.1, 0.15) is 70.4 Å². The summed E-state index contributed by atoms with van der Waals surface area (Å²) < 4.78 is 77.7. The van der Waals surface area contributed by atoms with E-state index in [1.807, 2.05) is 0 Å². The van der Waals surface area contributed by atoms with Crippen LogP contribution in [0.15, 0.2) is 65.8 Å². The fraction of sp³-hybridized carbons (Fsp3) is 0.554. The maximum atomic E-state index is 14.8. The number of hydrogen-bond acceptors (Lipinski definition) is 16. The molecule has 35 heteroatoms. The highest BCUT2D eigenvalue weighted by Gasteiger charge is 2.39. The summed E-state index contributed by atoms with van der Waals surface area (Å²) in [7, 11) is 1.70. The zero-order valence-corrected chi connectivity index (χ0v) is 52.1. The second-order valence-electron chi connectivity index (χ2n) is 21.2. The second kappa shape index (κ2) is 38.1. The first-order valence-electron chi connectivity index (χ1n) is 28.7. The molecule has 91 heavy (non-hydrogen) atoms. The number of hydrogen-bond donors (Lipinski definition) is 17. The van der Waals surface area contributed by atoms with Crippen molar-refractivity contribution in [2.45, 2.75) is 145 Å². The minimum absolute atomic E-state index is 0.0104. The van der Waals surface area contributed by atoms with Gasteiger partial charge in [0.15, 0.2) is 5.96 Å². The Bertz CT molecular complexity index is 2930. The number of aliphatic imine (C=N–C) groups is 1. The Balaban J connectivity index is 1.87. The third-order valence-electron chi connectivity index (χ3n) is 13.6. The number of nitrogens with two attached hydrogens (primary N) is 2. The number of primary amides is 1. The number of aliphatic hydroxyl groups excluding tert-OH is 2. The number of unbranched alkanes of at least 4 members (excludes halogenated alkanes) is 2. The average molecular weight is 1330 g/mol. The lowest BCUT2D eigenvalue weighted by Crippen LogP contribution is -2.62. The van der Waals surface area contributed by atoms with Crippen molar-refractivity contribution in [3.8, 4) is 0 Å². The Morgan fingerprint density at radius 1 is 0.593 bits per heavy atom. The molecule has 0 spiro atoms. The van der Waals surface area contributed by atoms with Crippen LogP contribution in [-0.4, -0.2) is 209 Å². The molecular weight excluding hydrogens is 1250 g/mol. The van der Waals surface area contributed by atoms with Gasteiger partial charge in [0.05, 0.1) is 18.8 Å². The lowest BCUT2D eigenvalue weighted by molar-refractivity contribution is -0.168. The lowest BCUT2D eigenvalue weighted by atomic mass is 10.0. The van der Waals surface area contributed by atoms with E-state index in [1.54, 1.807) is 67.8 Å². The molecule has 3 rings (SSSR count). The molecular formula is C56H81F6N15O12S2. The van der Waals surface area contributed by atoms with Crippen molar-refractivity contribution >= 4 is 101 Å². The van der Waals surface area contributed by atoms with E-state index in [4.69, 9.17) is 11.5 Å². The molecule has 0 fully saturated rings. The predicted octanol–water partition coefficient (Wildman–Crippen LogP) is -1.62. The Hall–Kier alpha value is -7.89. The number of alkyl halides is 6. The summed E-state index contributed by atoms with van der Waals surface area (Å²) >= 11 is 8.35. The quantitative estimate of drug-likeness (QED) is 0.0101. The zero-order valence-electron chi connectivity index (χ0n) is 50.3. The topological polar surface area (TPSA) is 415 Å². The van der Waals surface area contributed by atoms with Gasteiger partial charge in [-0.2, -0.15) is 51.6 Å². The number of amides is 10. The van der Waals surface area contributed by atoms with Crippen LogP contribution in [-0.2, 0) is 60.8 Å². The third-order valence-corrected chi connectivity index (χ3v) is 14.3. The summed E-state index contributed by atoms with van der Waals surface area (Å²) in [6, 6.07) is 3.37. The summed E-state index contributed by atoms with van der Waals surface area (Å²) in [6.45, 7) is -1.21. The molecule has 0 aliphatic heterocycles. The summed E-state index contributed by atoms with van der Waals surface area (Å²) in [5.74, 6) is -11.1. The first-order chi connectivity index (χ1) is 42.8. The van der Waals surface area contributed by atoms with Crippen molar-refractivity contribution in [3.63, 3.8) is 0 Å². The van der Waals surface area contributed by atoms with Gasteiger partial charge in [-0.25, -0.2) is 0 Å². The van der Waals surface area contributed by atoms with Gasteiger partial charge < -0.3 is 84.7 Å². The monoisotopic (exact) mass is 1330 g/mol. The largest absolute Gasteiger partial charge is 0.406 e. The number of aromatic nitrogens is 1. The molecule has 1 aromatic heterocycles. The number of carbonyl (C=O) groups excluding carboxylic acids is 10. The lowest BCUT2D eigenvalue weighted by Gasteiger charge is -2.28. The number of benzene rings is 2. The van der Waals surface area contributed by atoms with E-state index in [9.17, 15) is 84.5 Å². The molecule has 27 nitrogen and oxygen atoms in total. The molecule has 10 atom stereocenters. The van der Waals surface area contributed by atoms with Gasteiger partial charge in [-0.05, 0) is 83.2 Å². The number of nitrogens with one attached hydrogen (secondary N) is 11. The molecule has 17 N–H and O–H groups in total. The van der Waals surface area contributed by atoms with Crippen LogP contribution in [0.3, 0.4) is 0 Å². The van der Waals surface area contributed by atoms with E-state index in [2.05, 4.69) is 88.4 Å². The van der Waals surface area contributed by atoms with E-state index >= 15 is 0 Å². The number of aliphatic hydroxyl groups is 2. The Labute approximate surface area is 531 Å². The zero-order chi connectivity index (χ0) is 68.2. The van der Waals surface area contributed by atoms with E-state index in [0.717, 1.165) is 6.92 Å². The minimum atomic E-state index is -5.03. The van der Waals surface area contributed by atoms with Crippen LogP contribution in [0, 0.1) is 0 Å². The van der Waals surface area contributed by atoms with Crippen molar-refractivity contribution in [3.05, 3.63) is 71.9 Å². The molecule has 0 saturated heterocycles. The Morgan fingerprint density at radius 3 is 1.63 bits per heavy atom. The fourth-order valence-corrected chi connectivity index (χ4v) is 9.49. The van der Waals surface area contributed by atoms with E-state index in [0.29, 0.717) is 41.4 Å². The van der Waals surface area contributed by atoms with Crippen LogP contribution < -0.4 is 64.6 Å². The number of para-hydroxylation sites is 1. The Kier molecular flexibility index (Phi) is 32.4. The number of halogens is 6. The highest BCUT2D eigenvalue weighted by molar-refractivity contribution is 7.80. The van der Waals surface area contributed by atoms with Gasteiger partial charge in [0.2, 0.25) is 59.1 Å². The van der Waals surface area contributed by atoms with Gasteiger partial charge in [0, 0.05) is 54.9 Å². The van der Waals surface area contributed by atoms with Crippen molar-refractivity contribution in [1.29, 1.82) is 0 Å². The summed E-state index contributed by atoms with van der Waals surface area (Å²) in [5.41, 5.74) is 12.5. The van der Waals surface area contributed by atoms with Crippen molar-refractivity contribution in [2.75, 3.05) is 51.3 Å². The molecule has 506 valence electrons. The molecule has 1 heterocycles. The van der Waals surface area contributed by atoms with Crippen LogP contribution in [0.2, 0.25) is 0 Å². The summed E-state index contributed by atoms with van der Waals surface area (Å²) in [6.07, 6.45) is -11.2. The standard InChI is InChI=1S/C56H81F6N15O12S2/c1-30(78)44(46(63)82)75-52(88)42(27-91)74-53(89)45(31(2)79)76-48(84)38(19-10-12-20-65-4)71-50(86)40(23-34-24-67-36-17-9-8-16-35(34)36)73-49(85)39(22-33-14-6-5-7-15-33)72-51(87)41(26-90)70-43(81)25-68-47(83)37(69-32(3)80)18-11-13-21-66-54(64)77(28-55(57,58)59)29-56(60,61)62/h5-9,14-17,24,30-31,37-42,44-45,65,67,78-79,90-91H,10-13,18-23,25-29H2,1-4H3,(H2,63,82)(H2,64,66)(H,68,83)(H,69,80)(H,70,81)(H,71,86)(H,72,87)(H,73,85)(H,74,89)(H,75,88)(H,76,84)/t30-,31-,37-,38+,39+,40-,41+,42+,44+,45+/m1/s1. The number of aromatic amines is 1. The molecule has 2 aromatic carbocycles. The van der Waals surface area contributed by atoms with Crippen LogP contribution in [0.25, 0.3) is 10.9 Å². The van der Waals surface area contributed by atoms with E-state index in [1.165, 1.54) is 13.8 Å². The van der Waals surface area contributed by atoms with Gasteiger partial charge >= 0.3 is 12.4 Å². The van der Waals surface area contributed by atoms with Gasteiger partial charge in [-0.3, -0.25) is 52.9 Å². The maximum Gasteiger partial charge on any atom is 0.406 e. The van der Waals surface area contributed by atoms with Crippen molar-refractivity contribution in [2.24, 2.45) is 16.5 Å². The van der Waals surface area contributed by atoms with Crippen molar-refractivity contribution in [1.82, 2.24) is 63.1 Å². The molecule has 3 aromatic rings. The maximum absolute atomic E-state index is 14.8. The first kappa shape index (κ1) is 77.4. The van der Waals surface area contributed by atoms with Crippen LogP contribution >= 0.6 is 25.3 Å². The number of guanidine groups is 1. The number of thiol groups is 2. The normalized spacial score (nSPS) is 15.1. The fourth-order valence-electron chi connectivity index (χ4n) is 8.97. The summed E-state index contributed by atoms with van der Waals surface area (Å²) in [5, 5.41) is 46.5. The van der Waals surface area contributed by atoms with Crippen LogP contribution in [0.4, 0.5) is 26.3 Å². The van der Waals surface area contributed by atoms with Crippen LogP contribution in [0.5, 0.6) is 0 Å².